The Hall–Kier alpha value is -3.39. The highest BCUT2D eigenvalue weighted by molar-refractivity contribution is 5.97. The number of aromatic nitrogens is 3. The molecule has 3 heterocycles. The number of aryl methyl sites for hydroxylation is 1. The first kappa shape index (κ1) is 18.0. The van der Waals surface area contributed by atoms with Crippen LogP contribution in [-0.2, 0) is 4.84 Å². The van der Waals surface area contributed by atoms with Gasteiger partial charge in [-0.25, -0.2) is 15.4 Å². The summed E-state index contributed by atoms with van der Waals surface area (Å²) in [7, 11) is 3.24. The molecule has 0 bridgehead atoms. The third-order valence-corrected chi connectivity index (χ3v) is 4.46. The van der Waals surface area contributed by atoms with Crippen molar-refractivity contribution in [2.24, 2.45) is 4.99 Å². The number of hydrogen-bond acceptors (Lipinski definition) is 7. The van der Waals surface area contributed by atoms with E-state index in [1.165, 1.54) is 0 Å². The first-order valence-electron chi connectivity index (χ1n) is 8.84. The van der Waals surface area contributed by atoms with Crippen molar-refractivity contribution in [3.8, 4) is 17.3 Å². The molecule has 0 saturated heterocycles. The summed E-state index contributed by atoms with van der Waals surface area (Å²) in [6.07, 6.45) is 3.64. The van der Waals surface area contributed by atoms with E-state index >= 15 is 0 Å². The van der Waals surface area contributed by atoms with E-state index in [9.17, 15) is 0 Å². The lowest BCUT2D eigenvalue weighted by Gasteiger charge is -2.22. The van der Waals surface area contributed by atoms with Crippen LogP contribution in [0.4, 0.5) is 0 Å². The minimum absolute atomic E-state index is 0.133. The van der Waals surface area contributed by atoms with Crippen LogP contribution in [0.3, 0.4) is 0 Å². The Morgan fingerprint density at radius 1 is 1.11 bits per heavy atom. The van der Waals surface area contributed by atoms with Gasteiger partial charge in [0.15, 0.2) is 5.84 Å². The highest BCUT2D eigenvalue weighted by atomic mass is 16.6. The van der Waals surface area contributed by atoms with Crippen LogP contribution in [0.5, 0.6) is 11.6 Å². The summed E-state index contributed by atoms with van der Waals surface area (Å²) in [6, 6.07) is 11.5. The van der Waals surface area contributed by atoms with Gasteiger partial charge in [0.25, 0.3) is 0 Å². The summed E-state index contributed by atoms with van der Waals surface area (Å²) in [6.45, 7) is 2.36. The maximum atomic E-state index is 5.54. The van der Waals surface area contributed by atoms with Crippen molar-refractivity contribution in [1.29, 1.82) is 0 Å². The fraction of sp³-hybridized carbons (Fsp3) is 0.250. The van der Waals surface area contributed by atoms with Gasteiger partial charge in [-0.3, -0.25) is 9.83 Å². The van der Waals surface area contributed by atoms with E-state index in [1.54, 1.807) is 20.5 Å². The summed E-state index contributed by atoms with van der Waals surface area (Å²) in [4.78, 5) is 19.1. The smallest absolute Gasteiger partial charge is 0.238 e. The van der Waals surface area contributed by atoms with Crippen molar-refractivity contribution in [3.63, 3.8) is 0 Å². The number of methoxy groups -OCH3 is 2. The predicted octanol–water partition coefficient (Wildman–Crippen LogP) is 2.62. The molecule has 28 heavy (non-hydrogen) atoms. The molecule has 144 valence electrons. The average Bonchev–Trinajstić information content (AvgIpc) is 3.19. The van der Waals surface area contributed by atoms with E-state index in [0.717, 1.165) is 22.7 Å². The highest BCUT2D eigenvalue weighted by Crippen LogP contribution is 2.25. The molecule has 0 fully saturated rings. The van der Waals surface area contributed by atoms with Crippen molar-refractivity contribution in [3.05, 3.63) is 65.9 Å². The van der Waals surface area contributed by atoms with E-state index in [1.807, 2.05) is 54.1 Å². The lowest BCUT2D eigenvalue weighted by Crippen LogP contribution is -2.33. The zero-order valence-corrected chi connectivity index (χ0v) is 15.9. The lowest BCUT2D eigenvalue weighted by atomic mass is 10.1. The molecule has 1 aromatic carbocycles. The van der Waals surface area contributed by atoms with Gasteiger partial charge in [-0.1, -0.05) is 12.1 Å². The molecule has 8 heteroatoms. The van der Waals surface area contributed by atoms with E-state index in [-0.39, 0.29) is 6.04 Å². The summed E-state index contributed by atoms with van der Waals surface area (Å²) in [5.74, 6) is 1.84. The van der Waals surface area contributed by atoms with Crippen LogP contribution in [0.1, 0.15) is 23.0 Å². The number of rotatable bonds is 5. The van der Waals surface area contributed by atoms with Crippen molar-refractivity contribution in [2.75, 3.05) is 20.8 Å². The number of aliphatic imine (C=N–C) groups is 1. The molecule has 1 aliphatic rings. The highest BCUT2D eigenvalue weighted by Gasteiger charge is 2.20. The van der Waals surface area contributed by atoms with Gasteiger partial charge in [0.05, 0.1) is 26.2 Å². The minimum atomic E-state index is -0.133. The molecular formula is C20H21N5O3. The van der Waals surface area contributed by atoms with Crippen molar-refractivity contribution in [1.82, 2.24) is 20.0 Å². The van der Waals surface area contributed by atoms with Gasteiger partial charge in [-0.05, 0) is 36.8 Å². The van der Waals surface area contributed by atoms with Gasteiger partial charge in [0, 0.05) is 6.20 Å². The monoisotopic (exact) mass is 379 g/mol. The molecule has 0 radical (unpaired) electrons. The fourth-order valence-electron chi connectivity index (χ4n) is 2.99. The quantitative estimate of drug-likeness (QED) is 0.734. The molecule has 4 rings (SSSR count). The van der Waals surface area contributed by atoms with Crippen LogP contribution in [0, 0.1) is 6.92 Å². The number of ether oxygens (including phenoxy) is 2. The second-order valence-electron chi connectivity index (χ2n) is 6.33. The summed E-state index contributed by atoms with van der Waals surface area (Å²) in [5.41, 5.74) is 6.25. The number of nitrogens with zero attached hydrogens (tertiary/aromatic N) is 4. The van der Waals surface area contributed by atoms with Gasteiger partial charge in [0.1, 0.15) is 29.8 Å². The normalized spacial score (nSPS) is 16.2. The second kappa shape index (κ2) is 7.69. The lowest BCUT2D eigenvalue weighted by molar-refractivity contribution is 0.0620. The standard InChI is InChI=1S/C20H21N5O3/c1-13-10-25(12-21-13)18-9-8-16(23-20(18)27-3)19-22-17(11-28-24-19)14-4-6-15(26-2)7-5-14/h4-10,12,17H,11H2,1-3H3,(H,22,24). The van der Waals surface area contributed by atoms with Crippen LogP contribution in [0.25, 0.3) is 5.69 Å². The zero-order valence-electron chi connectivity index (χ0n) is 15.9. The van der Waals surface area contributed by atoms with Crippen LogP contribution < -0.4 is 15.0 Å². The number of benzene rings is 1. The molecule has 0 saturated carbocycles. The number of amidine groups is 1. The summed E-state index contributed by atoms with van der Waals surface area (Å²) >= 11 is 0. The maximum Gasteiger partial charge on any atom is 0.238 e. The third kappa shape index (κ3) is 3.54. The Morgan fingerprint density at radius 2 is 1.93 bits per heavy atom. The molecule has 8 nitrogen and oxygen atoms in total. The van der Waals surface area contributed by atoms with E-state index in [2.05, 4.69) is 15.4 Å². The number of hydroxylamine groups is 1. The summed E-state index contributed by atoms with van der Waals surface area (Å²) < 4.78 is 12.6. The SMILES string of the molecule is COc1ccc(C2CONC(c3ccc(-n4cnc(C)c4)c(OC)n3)=N2)cc1. The topological polar surface area (TPSA) is 82.8 Å². The van der Waals surface area contributed by atoms with Crippen LogP contribution in [0.2, 0.25) is 0 Å². The van der Waals surface area contributed by atoms with Crippen LogP contribution in [0.15, 0.2) is 53.9 Å². The van der Waals surface area contributed by atoms with E-state index in [4.69, 9.17) is 19.3 Å². The van der Waals surface area contributed by atoms with Crippen molar-refractivity contribution in [2.45, 2.75) is 13.0 Å². The predicted molar refractivity (Wildman–Crippen MR) is 104 cm³/mol. The number of pyridine rings is 1. The molecule has 3 aromatic rings. The molecule has 1 unspecified atom stereocenters. The number of hydrogen-bond donors (Lipinski definition) is 1. The molecule has 1 atom stereocenters. The van der Waals surface area contributed by atoms with Gasteiger partial charge in [0.2, 0.25) is 5.88 Å². The Labute approximate surface area is 162 Å². The Morgan fingerprint density at radius 3 is 2.61 bits per heavy atom. The molecular weight excluding hydrogens is 358 g/mol. The molecule has 0 spiro atoms. The van der Waals surface area contributed by atoms with E-state index < -0.39 is 0 Å². The van der Waals surface area contributed by atoms with E-state index in [0.29, 0.717) is 24.0 Å². The van der Waals surface area contributed by atoms with Crippen LogP contribution in [-0.4, -0.2) is 41.2 Å². The molecule has 1 N–H and O–H groups in total. The Bertz CT molecular complexity index is 997. The molecule has 1 aliphatic heterocycles. The zero-order chi connectivity index (χ0) is 19.5. The second-order valence-corrected chi connectivity index (χ2v) is 6.33. The van der Waals surface area contributed by atoms with Gasteiger partial charge in [-0.2, -0.15) is 0 Å². The van der Waals surface area contributed by atoms with Gasteiger partial charge >= 0.3 is 0 Å². The first-order valence-corrected chi connectivity index (χ1v) is 8.84. The van der Waals surface area contributed by atoms with Crippen molar-refractivity contribution < 1.29 is 14.3 Å². The Kier molecular flexibility index (Phi) is 4.94. The molecule has 2 aromatic heterocycles. The van der Waals surface area contributed by atoms with Crippen LogP contribution >= 0.6 is 0 Å². The number of imidazole rings is 1. The van der Waals surface area contributed by atoms with Crippen molar-refractivity contribution >= 4 is 5.84 Å². The largest absolute Gasteiger partial charge is 0.497 e. The van der Waals surface area contributed by atoms with Gasteiger partial charge in [-0.15, -0.1) is 0 Å². The summed E-state index contributed by atoms with van der Waals surface area (Å²) in [5, 5.41) is 0. The number of nitrogens with one attached hydrogen (secondary N) is 1. The minimum Gasteiger partial charge on any atom is -0.497 e. The maximum absolute atomic E-state index is 5.54. The average molecular weight is 379 g/mol. The Balaban J connectivity index is 1.64. The third-order valence-electron chi connectivity index (χ3n) is 4.46. The molecule has 0 aliphatic carbocycles. The molecule has 0 amide bonds. The fourth-order valence-corrected chi connectivity index (χ4v) is 2.99. The van der Waals surface area contributed by atoms with Gasteiger partial charge < -0.3 is 14.0 Å². The first-order chi connectivity index (χ1) is 13.7.